The molecule has 0 radical (unpaired) electrons. The molecule has 1 saturated heterocycles. The van der Waals surface area contributed by atoms with Gasteiger partial charge in [0, 0.05) is 17.6 Å². The van der Waals surface area contributed by atoms with E-state index >= 15 is 0 Å². The van der Waals surface area contributed by atoms with E-state index in [0.29, 0.717) is 18.7 Å². The molecule has 2 unspecified atom stereocenters. The van der Waals surface area contributed by atoms with Gasteiger partial charge in [0.2, 0.25) is 0 Å². The largest absolute Gasteiger partial charge is 0.481 e. The van der Waals surface area contributed by atoms with Gasteiger partial charge in [-0.2, -0.15) is 5.26 Å². The van der Waals surface area contributed by atoms with E-state index in [4.69, 9.17) is 10.4 Å². The first-order chi connectivity index (χ1) is 8.52. The van der Waals surface area contributed by atoms with Gasteiger partial charge in [-0.15, -0.1) is 0 Å². The Hall–Kier alpha value is -1.54. The highest BCUT2D eigenvalue weighted by atomic mass is 79.9. The molecule has 1 aromatic rings. The third-order valence-corrected chi connectivity index (χ3v) is 3.84. The maximum Gasteiger partial charge on any atom is 0.308 e. The molecule has 0 spiro atoms. The van der Waals surface area contributed by atoms with Crippen LogP contribution in [0.3, 0.4) is 0 Å². The maximum absolute atomic E-state index is 11.1. The number of anilines is 1. The summed E-state index contributed by atoms with van der Waals surface area (Å²) in [6, 6.07) is 7.58. The molecule has 1 aliphatic heterocycles. The van der Waals surface area contributed by atoms with Gasteiger partial charge in [0.25, 0.3) is 0 Å². The van der Waals surface area contributed by atoms with E-state index in [1.54, 1.807) is 6.07 Å². The molecule has 0 aromatic heterocycles. The summed E-state index contributed by atoms with van der Waals surface area (Å²) < 4.78 is 0.892. The Labute approximate surface area is 114 Å². The van der Waals surface area contributed by atoms with Crippen molar-refractivity contribution in [3.8, 4) is 6.07 Å². The minimum Gasteiger partial charge on any atom is -0.481 e. The number of carboxylic acids is 1. The average molecular weight is 309 g/mol. The predicted molar refractivity (Wildman–Crippen MR) is 71.4 cm³/mol. The van der Waals surface area contributed by atoms with Crippen LogP contribution in [0.1, 0.15) is 12.5 Å². The summed E-state index contributed by atoms with van der Waals surface area (Å²) >= 11 is 3.38. The lowest BCUT2D eigenvalue weighted by molar-refractivity contribution is -0.142. The fourth-order valence-electron chi connectivity index (χ4n) is 2.35. The summed E-state index contributed by atoms with van der Waals surface area (Å²) in [6.45, 7) is 3.06. The van der Waals surface area contributed by atoms with Crippen molar-refractivity contribution in [1.29, 1.82) is 5.26 Å². The lowest BCUT2D eigenvalue weighted by Crippen LogP contribution is -2.23. The third kappa shape index (κ3) is 2.34. The van der Waals surface area contributed by atoms with E-state index in [2.05, 4.69) is 22.0 Å². The zero-order valence-corrected chi connectivity index (χ0v) is 11.5. The van der Waals surface area contributed by atoms with Crippen molar-refractivity contribution in [2.75, 3.05) is 18.0 Å². The van der Waals surface area contributed by atoms with Crippen LogP contribution in [0.2, 0.25) is 0 Å². The first kappa shape index (κ1) is 12.9. The molecule has 18 heavy (non-hydrogen) atoms. The van der Waals surface area contributed by atoms with Crippen LogP contribution in [0.15, 0.2) is 22.7 Å². The van der Waals surface area contributed by atoms with E-state index in [-0.39, 0.29) is 11.8 Å². The van der Waals surface area contributed by atoms with Gasteiger partial charge in [-0.1, -0.05) is 22.9 Å². The Morgan fingerprint density at radius 2 is 2.28 bits per heavy atom. The van der Waals surface area contributed by atoms with Gasteiger partial charge in [-0.05, 0) is 24.1 Å². The fourth-order valence-corrected chi connectivity index (χ4v) is 2.69. The monoisotopic (exact) mass is 308 g/mol. The van der Waals surface area contributed by atoms with E-state index in [9.17, 15) is 4.79 Å². The highest BCUT2D eigenvalue weighted by molar-refractivity contribution is 9.10. The van der Waals surface area contributed by atoms with Crippen molar-refractivity contribution in [2.24, 2.45) is 11.8 Å². The molecule has 0 aliphatic carbocycles. The summed E-state index contributed by atoms with van der Waals surface area (Å²) in [5, 5.41) is 18.2. The second-order valence-electron chi connectivity index (χ2n) is 4.60. The van der Waals surface area contributed by atoms with Crippen LogP contribution in [0, 0.1) is 23.2 Å². The SMILES string of the molecule is CC1CN(c2cc(Br)ccc2C#N)CC1C(=O)O. The Morgan fingerprint density at radius 3 is 2.83 bits per heavy atom. The molecule has 1 fully saturated rings. The molecule has 94 valence electrons. The highest BCUT2D eigenvalue weighted by Crippen LogP contribution is 2.32. The molecule has 1 N–H and O–H groups in total. The molecule has 4 nitrogen and oxygen atoms in total. The molecule has 2 rings (SSSR count). The molecule has 1 aromatic carbocycles. The van der Waals surface area contributed by atoms with Crippen LogP contribution in [-0.4, -0.2) is 24.2 Å². The Balaban J connectivity index is 2.32. The van der Waals surface area contributed by atoms with E-state index in [1.807, 2.05) is 24.0 Å². The topological polar surface area (TPSA) is 64.3 Å². The van der Waals surface area contributed by atoms with Crippen LogP contribution in [-0.2, 0) is 4.79 Å². The van der Waals surface area contributed by atoms with Gasteiger partial charge >= 0.3 is 5.97 Å². The fraction of sp³-hybridized carbons (Fsp3) is 0.385. The highest BCUT2D eigenvalue weighted by Gasteiger charge is 2.35. The van der Waals surface area contributed by atoms with Gasteiger partial charge in [-0.25, -0.2) is 0 Å². The maximum atomic E-state index is 11.1. The van der Waals surface area contributed by atoms with E-state index < -0.39 is 5.97 Å². The normalized spacial score (nSPS) is 22.8. The number of rotatable bonds is 2. The summed E-state index contributed by atoms with van der Waals surface area (Å²) in [5.41, 5.74) is 1.39. The van der Waals surface area contributed by atoms with E-state index in [1.165, 1.54) is 0 Å². The first-order valence-electron chi connectivity index (χ1n) is 5.70. The lowest BCUT2D eigenvalue weighted by atomic mass is 9.99. The molecule has 0 bridgehead atoms. The summed E-state index contributed by atoms with van der Waals surface area (Å²) in [4.78, 5) is 13.1. The minimum atomic E-state index is -0.765. The first-order valence-corrected chi connectivity index (χ1v) is 6.49. The summed E-state index contributed by atoms with van der Waals surface area (Å²) in [5.74, 6) is -1.04. The molecular formula is C13H13BrN2O2. The van der Waals surface area contributed by atoms with Crippen LogP contribution in [0.5, 0.6) is 0 Å². The average Bonchev–Trinajstić information content (AvgIpc) is 2.71. The van der Waals surface area contributed by atoms with Crippen molar-refractivity contribution in [3.05, 3.63) is 28.2 Å². The van der Waals surface area contributed by atoms with Crippen LogP contribution < -0.4 is 4.90 Å². The molecule has 2 atom stereocenters. The van der Waals surface area contributed by atoms with Crippen molar-refractivity contribution < 1.29 is 9.90 Å². The van der Waals surface area contributed by atoms with Crippen molar-refractivity contribution >= 4 is 27.6 Å². The Morgan fingerprint density at radius 1 is 1.56 bits per heavy atom. The standard InChI is InChI=1S/C13H13BrN2O2/c1-8-6-16(7-11(8)13(17)18)12-4-10(14)3-2-9(12)5-15/h2-4,8,11H,6-7H2,1H3,(H,17,18). The molecule has 1 aliphatic rings. The lowest BCUT2D eigenvalue weighted by Gasteiger charge is -2.19. The quantitative estimate of drug-likeness (QED) is 0.911. The summed E-state index contributed by atoms with van der Waals surface area (Å²) in [7, 11) is 0. The summed E-state index contributed by atoms with van der Waals surface area (Å²) in [6.07, 6.45) is 0. The van der Waals surface area contributed by atoms with Crippen LogP contribution in [0.4, 0.5) is 5.69 Å². The number of carboxylic acid groups (broad SMARTS) is 1. The zero-order chi connectivity index (χ0) is 13.3. The number of benzene rings is 1. The van der Waals surface area contributed by atoms with E-state index in [0.717, 1.165) is 10.2 Å². The molecule has 1 heterocycles. The van der Waals surface area contributed by atoms with Gasteiger partial charge in [-0.3, -0.25) is 4.79 Å². The van der Waals surface area contributed by atoms with Crippen LogP contribution in [0.25, 0.3) is 0 Å². The number of nitriles is 1. The molecule has 5 heteroatoms. The number of hydrogen-bond donors (Lipinski definition) is 1. The minimum absolute atomic E-state index is 0.0908. The van der Waals surface area contributed by atoms with Crippen LogP contribution >= 0.6 is 15.9 Å². The predicted octanol–water partition coefficient (Wildman–Crippen LogP) is 2.48. The van der Waals surface area contributed by atoms with Gasteiger partial charge in [0.15, 0.2) is 0 Å². The Kier molecular flexibility index (Phi) is 3.58. The number of hydrogen-bond acceptors (Lipinski definition) is 3. The molecule has 0 saturated carbocycles. The van der Waals surface area contributed by atoms with Crippen molar-refractivity contribution in [1.82, 2.24) is 0 Å². The number of aliphatic carboxylic acids is 1. The van der Waals surface area contributed by atoms with Crippen molar-refractivity contribution in [2.45, 2.75) is 6.92 Å². The second kappa shape index (κ2) is 4.99. The number of carbonyl (C=O) groups is 1. The van der Waals surface area contributed by atoms with Gasteiger partial charge < -0.3 is 10.0 Å². The third-order valence-electron chi connectivity index (χ3n) is 3.35. The Bertz CT molecular complexity index is 524. The zero-order valence-electron chi connectivity index (χ0n) is 9.93. The van der Waals surface area contributed by atoms with Crippen molar-refractivity contribution in [3.63, 3.8) is 0 Å². The van der Waals surface area contributed by atoms with Gasteiger partial charge in [0.05, 0.1) is 17.2 Å². The molecule has 0 amide bonds. The number of halogens is 1. The smallest absolute Gasteiger partial charge is 0.308 e. The molecular weight excluding hydrogens is 296 g/mol. The van der Waals surface area contributed by atoms with Gasteiger partial charge in [0.1, 0.15) is 6.07 Å². The number of nitrogens with zero attached hydrogens (tertiary/aromatic N) is 2. The second-order valence-corrected chi connectivity index (χ2v) is 5.52.